The Morgan fingerprint density at radius 1 is 1.08 bits per heavy atom. The van der Waals surface area contributed by atoms with Crippen molar-refractivity contribution in [1.29, 1.82) is 0 Å². The van der Waals surface area contributed by atoms with Gasteiger partial charge in [-0.3, -0.25) is 4.68 Å². The lowest BCUT2D eigenvalue weighted by atomic mass is 9.97. The standard InChI is InChI=1S/C20H27N5/c1-17-22-19-6-2-3-7-20(19)25(17)13-5-11-23-14-8-18(9-15-23)16-24-12-4-10-21-24/h2-4,6-7,10,12,18H,5,8-9,11,13-16H2,1H3. The molecule has 3 heterocycles. The van der Waals surface area contributed by atoms with Gasteiger partial charge in [-0.1, -0.05) is 12.1 Å². The van der Waals surface area contributed by atoms with Crippen molar-refractivity contribution in [3.8, 4) is 0 Å². The number of imidazole rings is 1. The van der Waals surface area contributed by atoms with Crippen LogP contribution in [0.5, 0.6) is 0 Å². The molecule has 0 bridgehead atoms. The van der Waals surface area contributed by atoms with Crippen LogP contribution >= 0.6 is 0 Å². The van der Waals surface area contributed by atoms with E-state index in [4.69, 9.17) is 0 Å². The summed E-state index contributed by atoms with van der Waals surface area (Å²) in [5.41, 5.74) is 2.37. The Labute approximate surface area is 149 Å². The number of aromatic nitrogens is 4. The van der Waals surface area contributed by atoms with Crippen LogP contribution in [0.15, 0.2) is 42.7 Å². The summed E-state index contributed by atoms with van der Waals surface area (Å²) in [4.78, 5) is 7.28. The molecule has 4 rings (SSSR count). The van der Waals surface area contributed by atoms with Crippen molar-refractivity contribution in [3.63, 3.8) is 0 Å². The molecule has 5 heteroatoms. The van der Waals surface area contributed by atoms with Crippen LogP contribution in [0.3, 0.4) is 0 Å². The molecule has 0 N–H and O–H groups in total. The third-order valence-electron chi connectivity index (χ3n) is 5.41. The van der Waals surface area contributed by atoms with Crippen molar-refractivity contribution < 1.29 is 0 Å². The minimum atomic E-state index is 0.774. The molecule has 2 aromatic heterocycles. The Morgan fingerprint density at radius 2 is 1.92 bits per heavy atom. The van der Waals surface area contributed by atoms with Gasteiger partial charge in [0.05, 0.1) is 11.0 Å². The minimum absolute atomic E-state index is 0.774. The molecule has 132 valence electrons. The van der Waals surface area contributed by atoms with Crippen molar-refractivity contribution in [3.05, 3.63) is 48.5 Å². The Morgan fingerprint density at radius 3 is 2.72 bits per heavy atom. The highest BCUT2D eigenvalue weighted by Gasteiger charge is 2.19. The Balaban J connectivity index is 1.25. The first-order valence-electron chi connectivity index (χ1n) is 9.41. The van der Waals surface area contributed by atoms with E-state index in [1.807, 2.05) is 12.3 Å². The van der Waals surface area contributed by atoms with Gasteiger partial charge in [-0.05, 0) is 69.9 Å². The van der Waals surface area contributed by atoms with E-state index in [-0.39, 0.29) is 0 Å². The van der Waals surface area contributed by atoms with E-state index in [1.165, 1.54) is 44.4 Å². The van der Waals surface area contributed by atoms with E-state index in [2.05, 4.69) is 61.6 Å². The SMILES string of the molecule is Cc1nc2ccccc2n1CCCN1CCC(Cn2cccn2)CC1. The molecule has 3 aromatic rings. The van der Waals surface area contributed by atoms with Crippen molar-refractivity contribution in [1.82, 2.24) is 24.2 Å². The highest BCUT2D eigenvalue weighted by molar-refractivity contribution is 5.75. The van der Waals surface area contributed by atoms with Crippen molar-refractivity contribution in [2.45, 2.75) is 39.3 Å². The largest absolute Gasteiger partial charge is 0.328 e. The fraction of sp³-hybridized carbons (Fsp3) is 0.500. The Bertz CT molecular complexity index is 797. The van der Waals surface area contributed by atoms with Crippen molar-refractivity contribution in [2.24, 2.45) is 5.92 Å². The quantitative estimate of drug-likeness (QED) is 0.692. The van der Waals surface area contributed by atoms with Gasteiger partial charge in [0.15, 0.2) is 0 Å². The number of hydrogen-bond donors (Lipinski definition) is 0. The van der Waals surface area contributed by atoms with E-state index in [1.54, 1.807) is 0 Å². The zero-order chi connectivity index (χ0) is 17.1. The Hall–Kier alpha value is -2.14. The predicted molar refractivity (Wildman–Crippen MR) is 100 cm³/mol. The summed E-state index contributed by atoms with van der Waals surface area (Å²) in [6.07, 6.45) is 7.70. The molecule has 5 nitrogen and oxygen atoms in total. The van der Waals surface area contributed by atoms with Gasteiger partial charge < -0.3 is 9.47 Å². The summed E-state index contributed by atoms with van der Waals surface area (Å²) >= 11 is 0. The van der Waals surface area contributed by atoms with Gasteiger partial charge >= 0.3 is 0 Å². The molecular formula is C20H27N5. The fourth-order valence-corrected chi connectivity index (χ4v) is 4.00. The van der Waals surface area contributed by atoms with Gasteiger partial charge in [0.2, 0.25) is 0 Å². The molecule has 25 heavy (non-hydrogen) atoms. The molecule has 0 spiro atoms. The summed E-state index contributed by atoms with van der Waals surface area (Å²) in [6, 6.07) is 10.5. The molecule has 0 amide bonds. The second-order valence-corrected chi connectivity index (χ2v) is 7.17. The van der Waals surface area contributed by atoms with Crippen LogP contribution in [0.4, 0.5) is 0 Å². The van der Waals surface area contributed by atoms with Crippen LogP contribution in [-0.2, 0) is 13.1 Å². The van der Waals surface area contributed by atoms with E-state index in [0.717, 1.165) is 30.3 Å². The van der Waals surface area contributed by atoms with Crippen LogP contribution in [0.1, 0.15) is 25.1 Å². The lowest BCUT2D eigenvalue weighted by Gasteiger charge is -2.32. The first-order valence-corrected chi connectivity index (χ1v) is 9.41. The van der Waals surface area contributed by atoms with E-state index in [9.17, 15) is 0 Å². The van der Waals surface area contributed by atoms with Gasteiger partial charge in [0, 0.05) is 25.5 Å². The number of rotatable bonds is 6. The molecule has 1 aromatic carbocycles. The number of benzene rings is 1. The first-order chi connectivity index (χ1) is 12.3. The van der Waals surface area contributed by atoms with E-state index in [0.29, 0.717) is 0 Å². The predicted octanol–water partition coefficient (Wildman–Crippen LogP) is 3.34. The van der Waals surface area contributed by atoms with Gasteiger partial charge in [-0.25, -0.2) is 4.98 Å². The topological polar surface area (TPSA) is 38.9 Å². The number of piperidine rings is 1. The maximum Gasteiger partial charge on any atom is 0.106 e. The highest BCUT2D eigenvalue weighted by atomic mass is 15.3. The molecule has 1 aliphatic rings. The maximum absolute atomic E-state index is 4.67. The van der Waals surface area contributed by atoms with Crippen LogP contribution in [0, 0.1) is 12.8 Å². The lowest BCUT2D eigenvalue weighted by Crippen LogP contribution is -2.36. The third kappa shape index (κ3) is 3.76. The molecular weight excluding hydrogens is 310 g/mol. The smallest absolute Gasteiger partial charge is 0.106 e. The normalized spacial score (nSPS) is 16.7. The zero-order valence-electron chi connectivity index (χ0n) is 15.0. The van der Waals surface area contributed by atoms with Crippen molar-refractivity contribution >= 4 is 11.0 Å². The maximum atomic E-state index is 4.67. The zero-order valence-corrected chi connectivity index (χ0v) is 15.0. The number of hydrogen-bond acceptors (Lipinski definition) is 3. The number of likely N-dealkylation sites (tertiary alicyclic amines) is 1. The summed E-state index contributed by atoms with van der Waals surface area (Å²) in [6.45, 7) is 7.85. The second kappa shape index (κ2) is 7.40. The summed E-state index contributed by atoms with van der Waals surface area (Å²) in [5.74, 6) is 1.90. The lowest BCUT2D eigenvalue weighted by molar-refractivity contribution is 0.168. The van der Waals surface area contributed by atoms with Gasteiger partial charge in [-0.15, -0.1) is 0 Å². The van der Waals surface area contributed by atoms with Gasteiger partial charge in [0.25, 0.3) is 0 Å². The molecule has 0 atom stereocenters. The monoisotopic (exact) mass is 337 g/mol. The molecule has 0 radical (unpaired) electrons. The van der Waals surface area contributed by atoms with E-state index < -0.39 is 0 Å². The van der Waals surface area contributed by atoms with Crippen LogP contribution in [0.25, 0.3) is 11.0 Å². The van der Waals surface area contributed by atoms with Crippen molar-refractivity contribution in [2.75, 3.05) is 19.6 Å². The van der Waals surface area contributed by atoms with Crippen LogP contribution < -0.4 is 0 Å². The number of aryl methyl sites for hydroxylation is 2. The summed E-state index contributed by atoms with van der Waals surface area (Å²) < 4.78 is 4.44. The van der Waals surface area contributed by atoms with Gasteiger partial charge in [0.1, 0.15) is 5.82 Å². The first kappa shape index (κ1) is 16.3. The highest BCUT2D eigenvalue weighted by Crippen LogP contribution is 2.20. The van der Waals surface area contributed by atoms with Crippen LogP contribution in [0.2, 0.25) is 0 Å². The van der Waals surface area contributed by atoms with Gasteiger partial charge in [-0.2, -0.15) is 5.10 Å². The minimum Gasteiger partial charge on any atom is -0.328 e. The fourth-order valence-electron chi connectivity index (χ4n) is 4.00. The summed E-state index contributed by atoms with van der Waals surface area (Å²) in [5, 5.41) is 4.33. The molecule has 0 aliphatic carbocycles. The second-order valence-electron chi connectivity index (χ2n) is 7.17. The molecule has 1 saturated heterocycles. The number of nitrogens with zero attached hydrogens (tertiary/aromatic N) is 5. The number of para-hydroxylation sites is 2. The van der Waals surface area contributed by atoms with Crippen LogP contribution in [-0.4, -0.2) is 43.9 Å². The number of fused-ring (bicyclic) bond motifs is 1. The molecule has 0 unspecified atom stereocenters. The average Bonchev–Trinajstić information content (AvgIpc) is 3.24. The Kier molecular flexibility index (Phi) is 4.83. The molecule has 1 aliphatic heterocycles. The molecule has 0 saturated carbocycles. The van der Waals surface area contributed by atoms with E-state index >= 15 is 0 Å². The summed E-state index contributed by atoms with van der Waals surface area (Å²) in [7, 11) is 0. The molecule has 1 fully saturated rings. The third-order valence-corrected chi connectivity index (χ3v) is 5.41. The average molecular weight is 337 g/mol.